The van der Waals surface area contributed by atoms with E-state index in [0.717, 1.165) is 22.2 Å². The van der Waals surface area contributed by atoms with E-state index < -0.39 is 0 Å². The van der Waals surface area contributed by atoms with Gasteiger partial charge in [0.2, 0.25) is 11.1 Å². The molecule has 0 unspecified atom stereocenters. The Kier molecular flexibility index (Phi) is 6.60. The highest BCUT2D eigenvalue weighted by molar-refractivity contribution is 8.00. The van der Waals surface area contributed by atoms with Crippen LogP contribution in [-0.2, 0) is 4.79 Å². The van der Waals surface area contributed by atoms with Gasteiger partial charge in [-0.15, -0.1) is 16.9 Å². The summed E-state index contributed by atoms with van der Waals surface area (Å²) in [6.07, 6.45) is 0. The van der Waals surface area contributed by atoms with Crippen LogP contribution in [0.3, 0.4) is 0 Å². The van der Waals surface area contributed by atoms with Gasteiger partial charge in [-0.3, -0.25) is 9.89 Å². The fourth-order valence-corrected chi connectivity index (χ4v) is 3.08. The number of rotatable bonds is 8. The van der Waals surface area contributed by atoms with Gasteiger partial charge in [-0.25, -0.2) is 4.98 Å². The van der Waals surface area contributed by atoms with Crippen molar-refractivity contribution < 1.29 is 9.53 Å². The standard InChI is InChI=1S/C14H18N4O2S2/c1-10-16-14(18-17-10)21-7-6-15-13(19)9-22-12-5-3-4-11(8-12)20-2/h3-5,8H,6-7,9H2,1-2H3,(H,15,19)(H,16,17,18). The van der Waals surface area contributed by atoms with Crippen molar-refractivity contribution in [1.29, 1.82) is 0 Å². The molecule has 1 heterocycles. The fraction of sp³-hybridized carbons (Fsp3) is 0.357. The van der Waals surface area contributed by atoms with Crippen LogP contribution in [0.1, 0.15) is 5.82 Å². The zero-order chi connectivity index (χ0) is 15.8. The molecule has 0 aliphatic carbocycles. The molecule has 0 aliphatic rings. The van der Waals surface area contributed by atoms with Gasteiger partial charge in [-0.1, -0.05) is 17.8 Å². The maximum absolute atomic E-state index is 11.8. The summed E-state index contributed by atoms with van der Waals surface area (Å²) in [6.45, 7) is 2.45. The highest BCUT2D eigenvalue weighted by Gasteiger charge is 2.04. The lowest BCUT2D eigenvalue weighted by atomic mass is 10.3. The number of nitrogens with one attached hydrogen (secondary N) is 2. The first kappa shape index (κ1) is 16.7. The van der Waals surface area contributed by atoms with Crippen LogP contribution in [0.5, 0.6) is 5.75 Å². The van der Waals surface area contributed by atoms with E-state index in [9.17, 15) is 4.79 Å². The zero-order valence-corrected chi connectivity index (χ0v) is 14.1. The third-order valence-corrected chi connectivity index (χ3v) is 4.49. The molecule has 0 radical (unpaired) electrons. The molecule has 2 aromatic rings. The van der Waals surface area contributed by atoms with Crippen molar-refractivity contribution in [1.82, 2.24) is 20.5 Å². The summed E-state index contributed by atoms with van der Waals surface area (Å²) in [5.74, 6) is 2.73. The lowest BCUT2D eigenvalue weighted by Gasteiger charge is -2.05. The van der Waals surface area contributed by atoms with E-state index in [1.54, 1.807) is 7.11 Å². The lowest BCUT2D eigenvalue weighted by Crippen LogP contribution is -2.27. The van der Waals surface area contributed by atoms with Crippen LogP contribution in [0.15, 0.2) is 34.3 Å². The van der Waals surface area contributed by atoms with Crippen LogP contribution in [0.25, 0.3) is 0 Å². The Hall–Kier alpha value is -1.67. The maximum Gasteiger partial charge on any atom is 0.230 e. The second-order valence-corrected chi connectivity index (χ2v) is 6.48. The first-order valence-corrected chi connectivity index (χ1v) is 8.70. The number of carbonyl (C=O) groups is 1. The number of aromatic nitrogens is 3. The van der Waals surface area contributed by atoms with Crippen molar-refractivity contribution in [3.63, 3.8) is 0 Å². The third-order valence-electron chi connectivity index (χ3n) is 2.64. The van der Waals surface area contributed by atoms with Gasteiger partial charge >= 0.3 is 0 Å². The summed E-state index contributed by atoms with van der Waals surface area (Å²) in [4.78, 5) is 17.0. The quantitative estimate of drug-likeness (QED) is 0.567. The molecular weight excluding hydrogens is 320 g/mol. The molecule has 0 bridgehead atoms. The summed E-state index contributed by atoms with van der Waals surface area (Å²) in [5.41, 5.74) is 0. The molecule has 6 nitrogen and oxygen atoms in total. The van der Waals surface area contributed by atoms with Gasteiger partial charge in [0.15, 0.2) is 0 Å². The summed E-state index contributed by atoms with van der Waals surface area (Å²) >= 11 is 3.00. The number of methoxy groups -OCH3 is 1. The largest absolute Gasteiger partial charge is 0.497 e. The van der Waals surface area contributed by atoms with Gasteiger partial charge in [-0.2, -0.15) is 0 Å². The molecule has 22 heavy (non-hydrogen) atoms. The fourth-order valence-electron chi connectivity index (χ4n) is 1.61. The number of nitrogens with zero attached hydrogens (tertiary/aromatic N) is 2. The number of aromatic amines is 1. The van der Waals surface area contributed by atoms with Crippen molar-refractivity contribution in [2.24, 2.45) is 0 Å². The molecule has 0 saturated carbocycles. The van der Waals surface area contributed by atoms with Crippen LogP contribution >= 0.6 is 23.5 Å². The number of carbonyl (C=O) groups excluding carboxylic acids is 1. The van der Waals surface area contributed by atoms with Gasteiger partial charge in [0.25, 0.3) is 0 Å². The number of aryl methyl sites for hydroxylation is 1. The van der Waals surface area contributed by atoms with Gasteiger partial charge < -0.3 is 10.1 Å². The Bertz CT molecular complexity index is 618. The molecule has 0 atom stereocenters. The predicted octanol–water partition coefficient (Wildman–Crippen LogP) is 2.12. The second-order valence-electron chi connectivity index (χ2n) is 4.37. The SMILES string of the molecule is COc1cccc(SCC(=O)NCCSc2n[nH]c(C)n2)c1. The second kappa shape index (κ2) is 8.70. The molecule has 1 aromatic heterocycles. The molecule has 8 heteroatoms. The Balaban J connectivity index is 1.63. The summed E-state index contributed by atoms with van der Waals surface area (Å²) < 4.78 is 5.15. The summed E-state index contributed by atoms with van der Waals surface area (Å²) in [7, 11) is 1.63. The van der Waals surface area contributed by atoms with Crippen LogP contribution in [0.2, 0.25) is 0 Å². The van der Waals surface area contributed by atoms with E-state index in [1.807, 2.05) is 31.2 Å². The molecule has 0 saturated heterocycles. The van der Waals surface area contributed by atoms with E-state index in [-0.39, 0.29) is 5.91 Å². The van der Waals surface area contributed by atoms with Crippen LogP contribution in [0, 0.1) is 6.92 Å². The van der Waals surface area contributed by atoms with Crippen molar-refractivity contribution in [3.05, 3.63) is 30.1 Å². The first-order chi connectivity index (χ1) is 10.7. The first-order valence-electron chi connectivity index (χ1n) is 6.72. The van der Waals surface area contributed by atoms with Gasteiger partial charge in [0.1, 0.15) is 11.6 Å². The Labute approximate surface area is 137 Å². The van der Waals surface area contributed by atoms with Gasteiger partial charge in [0.05, 0.1) is 12.9 Å². The molecule has 1 aromatic carbocycles. The van der Waals surface area contributed by atoms with Crippen LogP contribution in [-0.4, -0.2) is 46.2 Å². The lowest BCUT2D eigenvalue weighted by molar-refractivity contribution is -0.118. The predicted molar refractivity (Wildman–Crippen MR) is 88.6 cm³/mol. The smallest absolute Gasteiger partial charge is 0.230 e. The molecule has 2 rings (SSSR count). The Morgan fingerprint density at radius 1 is 1.41 bits per heavy atom. The average Bonchev–Trinajstić information content (AvgIpc) is 2.95. The van der Waals surface area contributed by atoms with Crippen molar-refractivity contribution in [3.8, 4) is 5.75 Å². The number of amides is 1. The summed E-state index contributed by atoms with van der Waals surface area (Å²) in [6, 6.07) is 7.67. The van der Waals surface area contributed by atoms with Gasteiger partial charge in [-0.05, 0) is 25.1 Å². The monoisotopic (exact) mass is 338 g/mol. The molecular formula is C14H18N4O2S2. The van der Waals surface area contributed by atoms with Crippen LogP contribution in [0.4, 0.5) is 0 Å². The van der Waals surface area contributed by atoms with Gasteiger partial charge in [0, 0.05) is 17.2 Å². The number of hydrogen-bond acceptors (Lipinski definition) is 6. The minimum atomic E-state index is 0.0135. The van der Waals surface area contributed by atoms with Crippen molar-refractivity contribution in [2.75, 3.05) is 25.2 Å². The van der Waals surface area contributed by atoms with Crippen molar-refractivity contribution in [2.45, 2.75) is 17.0 Å². The molecule has 118 valence electrons. The minimum Gasteiger partial charge on any atom is -0.497 e. The third kappa shape index (κ3) is 5.61. The number of ether oxygens (including phenoxy) is 1. The van der Waals surface area contributed by atoms with Crippen LogP contribution < -0.4 is 10.1 Å². The molecule has 2 N–H and O–H groups in total. The molecule has 1 amide bonds. The van der Waals surface area contributed by atoms with Crippen molar-refractivity contribution >= 4 is 29.4 Å². The summed E-state index contributed by atoms with van der Waals surface area (Å²) in [5, 5.41) is 10.4. The highest BCUT2D eigenvalue weighted by Crippen LogP contribution is 2.22. The Morgan fingerprint density at radius 2 is 2.27 bits per heavy atom. The number of hydrogen-bond donors (Lipinski definition) is 2. The average molecular weight is 338 g/mol. The van der Waals surface area contributed by atoms with E-state index in [0.29, 0.717) is 17.5 Å². The topological polar surface area (TPSA) is 79.9 Å². The molecule has 0 spiro atoms. The Morgan fingerprint density at radius 3 is 3.00 bits per heavy atom. The number of benzene rings is 1. The number of H-pyrrole nitrogens is 1. The molecule has 0 aliphatic heterocycles. The highest BCUT2D eigenvalue weighted by atomic mass is 32.2. The normalized spacial score (nSPS) is 10.5. The number of thioether (sulfide) groups is 2. The maximum atomic E-state index is 11.8. The van der Waals surface area contributed by atoms with E-state index in [4.69, 9.17) is 4.74 Å². The zero-order valence-electron chi connectivity index (χ0n) is 12.5. The van der Waals surface area contributed by atoms with E-state index >= 15 is 0 Å². The molecule has 0 fully saturated rings. The van der Waals surface area contributed by atoms with E-state index in [2.05, 4.69) is 20.5 Å². The minimum absolute atomic E-state index is 0.0135. The van der Waals surface area contributed by atoms with E-state index in [1.165, 1.54) is 23.5 Å².